The number of aromatic hydroxyl groups is 1. The minimum atomic E-state index is -0.727. The number of carbonyl (C=O) groups is 3. The summed E-state index contributed by atoms with van der Waals surface area (Å²) in [6.45, 7) is -0.485. The Balaban J connectivity index is 2.33. The van der Waals surface area contributed by atoms with E-state index in [9.17, 15) is 19.5 Å². The molecule has 1 aromatic carbocycles. The number of carbonyl (C=O) groups excluding carboxylic acids is 3. The van der Waals surface area contributed by atoms with Crippen molar-refractivity contribution in [2.75, 3.05) is 27.9 Å². The summed E-state index contributed by atoms with van der Waals surface area (Å²) in [5.41, 5.74) is 0.420. The van der Waals surface area contributed by atoms with Gasteiger partial charge < -0.3 is 24.6 Å². The minimum Gasteiger partial charge on any atom is -0.502 e. The Hall–Kier alpha value is -3.23. The van der Waals surface area contributed by atoms with Gasteiger partial charge in [0.25, 0.3) is 5.91 Å². The fraction of sp³-hybridized carbons (Fsp3) is 0.267. The van der Waals surface area contributed by atoms with Crippen LogP contribution in [0.3, 0.4) is 0 Å². The molecule has 1 heterocycles. The Morgan fingerprint density at radius 2 is 1.79 bits per heavy atom. The molecule has 0 saturated carbocycles. The zero-order valence-electron chi connectivity index (χ0n) is 13.3. The van der Waals surface area contributed by atoms with Crippen molar-refractivity contribution in [3.8, 4) is 17.2 Å². The number of phenolic OH excluding ortho intramolecular Hbond substituents is 1. The highest BCUT2D eigenvalue weighted by Crippen LogP contribution is 2.37. The number of methoxy groups -OCH3 is 3. The van der Waals surface area contributed by atoms with Gasteiger partial charge in [-0.15, -0.1) is 0 Å². The van der Waals surface area contributed by atoms with E-state index in [1.165, 1.54) is 32.4 Å². The molecule has 0 atom stereocenters. The van der Waals surface area contributed by atoms with Crippen LogP contribution in [0, 0.1) is 0 Å². The molecule has 24 heavy (non-hydrogen) atoms. The maximum absolute atomic E-state index is 12.2. The first-order valence-electron chi connectivity index (χ1n) is 6.77. The van der Waals surface area contributed by atoms with Gasteiger partial charge in [-0.2, -0.15) is 0 Å². The maximum atomic E-state index is 12.2. The number of ether oxygens (including phenoxy) is 3. The van der Waals surface area contributed by atoms with E-state index in [0.717, 1.165) is 12.0 Å². The van der Waals surface area contributed by atoms with E-state index in [1.54, 1.807) is 0 Å². The molecule has 9 heteroatoms. The highest BCUT2D eigenvalue weighted by atomic mass is 16.5. The van der Waals surface area contributed by atoms with E-state index >= 15 is 0 Å². The lowest BCUT2D eigenvalue weighted by Gasteiger charge is -2.10. The van der Waals surface area contributed by atoms with Gasteiger partial charge in [-0.25, -0.2) is 9.69 Å². The van der Waals surface area contributed by atoms with Gasteiger partial charge >= 0.3 is 12.0 Å². The molecule has 3 amide bonds. The number of nitrogens with one attached hydrogen (secondary N) is 1. The molecule has 0 radical (unpaired) electrons. The Kier molecular flexibility index (Phi) is 4.93. The second-order valence-corrected chi connectivity index (χ2v) is 4.73. The molecule has 0 bridgehead atoms. The van der Waals surface area contributed by atoms with Crippen molar-refractivity contribution in [1.82, 2.24) is 10.2 Å². The SMILES string of the molecule is COC(=O)CN1C(=O)N/C(=C\c2cc(OC)c(O)c(OC)c2)C1=O. The summed E-state index contributed by atoms with van der Waals surface area (Å²) in [4.78, 5) is 36.0. The van der Waals surface area contributed by atoms with Gasteiger partial charge in [0.15, 0.2) is 11.5 Å². The molecule has 1 aliphatic heterocycles. The van der Waals surface area contributed by atoms with Crippen molar-refractivity contribution in [3.05, 3.63) is 23.4 Å². The predicted octanol–water partition coefficient (Wildman–Crippen LogP) is 0.475. The molecule has 2 rings (SSSR count). The first kappa shape index (κ1) is 17.1. The van der Waals surface area contributed by atoms with E-state index in [0.29, 0.717) is 5.56 Å². The van der Waals surface area contributed by atoms with E-state index in [4.69, 9.17) is 9.47 Å². The first-order valence-corrected chi connectivity index (χ1v) is 6.77. The van der Waals surface area contributed by atoms with Gasteiger partial charge in [-0.05, 0) is 23.8 Å². The molecule has 2 N–H and O–H groups in total. The van der Waals surface area contributed by atoms with Crippen molar-refractivity contribution < 1.29 is 33.7 Å². The quantitative estimate of drug-likeness (QED) is 0.456. The Morgan fingerprint density at radius 1 is 1.21 bits per heavy atom. The molecule has 1 aliphatic rings. The summed E-state index contributed by atoms with van der Waals surface area (Å²) >= 11 is 0. The summed E-state index contributed by atoms with van der Waals surface area (Å²) in [5, 5.41) is 12.2. The lowest BCUT2D eigenvalue weighted by atomic mass is 10.1. The van der Waals surface area contributed by atoms with Gasteiger partial charge in [-0.1, -0.05) is 0 Å². The van der Waals surface area contributed by atoms with Crippen molar-refractivity contribution >= 4 is 24.0 Å². The Morgan fingerprint density at radius 3 is 2.29 bits per heavy atom. The summed E-state index contributed by atoms with van der Waals surface area (Å²) in [6, 6.07) is 2.20. The van der Waals surface area contributed by atoms with Gasteiger partial charge in [-0.3, -0.25) is 9.59 Å². The van der Waals surface area contributed by atoms with Crippen LogP contribution in [0.1, 0.15) is 5.56 Å². The van der Waals surface area contributed by atoms with Gasteiger partial charge in [0.05, 0.1) is 21.3 Å². The second kappa shape index (κ2) is 6.90. The monoisotopic (exact) mass is 336 g/mol. The van der Waals surface area contributed by atoms with Gasteiger partial charge in [0.2, 0.25) is 5.75 Å². The molecular weight excluding hydrogens is 320 g/mol. The topological polar surface area (TPSA) is 114 Å². The number of imide groups is 1. The number of esters is 1. The van der Waals surface area contributed by atoms with Crippen molar-refractivity contribution in [3.63, 3.8) is 0 Å². The van der Waals surface area contributed by atoms with Crippen LogP contribution < -0.4 is 14.8 Å². The van der Waals surface area contributed by atoms with Crippen LogP contribution in [-0.4, -0.2) is 55.8 Å². The molecule has 1 aromatic rings. The second-order valence-electron chi connectivity index (χ2n) is 4.73. The van der Waals surface area contributed by atoms with Crippen LogP contribution in [0.25, 0.3) is 6.08 Å². The van der Waals surface area contributed by atoms with E-state index in [-0.39, 0.29) is 22.9 Å². The maximum Gasteiger partial charge on any atom is 0.329 e. The molecular formula is C15H16N2O7. The fourth-order valence-corrected chi connectivity index (χ4v) is 2.07. The summed E-state index contributed by atoms with van der Waals surface area (Å²) < 4.78 is 14.5. The number of nitrogens with zero attached hydrogens (tertiary/aromatic N) is 1. The average Bonchev–Trinajstić information content (AvgIpc) is 2.83. The van der Waals surface area contributed by atoms with E-state index in [1.807, 2.05) is 0 Å². The average molecular weight is 336 g/mol. The smallest absolute Gasteiger partial charge is 0.329 e. The van der Waals surface area contributed by atoms with Gasteiger partial charge in [0, 0.05) is 0 Å². The molecule has 1 fully saturated rings. The highest BCUT2D eigenvalue weighted by Gasteiger charge is 2.35. The molecule has 0 spiro atoms. The summed E-state index contributed by atoms with van der Waals surface area (Å²) in [6.07, 6.45) is 1.38. The lowest BCUT2D eigenvalue weighted by molar-refractivity contribution is -0.143. The molecule has 1 saturated heterocycles. The number of rotatable bonds is 5. The number of phenols is 1. The first-order chi connectivity index (χ1) is 11.4. The van der Waals surface area contributed by atoms with Crippen molar-refractivity contribution in [1.29, 1.82) is 0 Å². The van der Waals surface area contributed by atoms with E-state index in [2.05, 4.69) is 10.1 Å². The molecule has 0 aromatic heterocycles. The normalized spacial score (nSPS) is 15.5. The third-order valence-corrected chi connectivity index (χ3v) is 3.29. The fourth-order valence-electron chi connectivity index (χ4n) is 2.07. The number of benzene rings is 1. The molecule has 9 nitrogen and oxygen atoms in total. The van der Waals surface area contributed by atoms with Crippen LogP contribution in [0.15, 0.2) is 17.8 Å². The van der Waals surface area contributed by atoms with Crippen LogP contribution in [0.4, 0.5) is 4.79 Å². The van der Waals surface area contributed by atoms with E-state index < -0.39 is 24.5 Å². The number of hydrogen-bond donors (Lipinski definition) is 2. The van der Waals surface area contributed by atoms with Crippen molar-refractivity contribution in [2.45, 2.75) is 0 Å². The third kappa shape index (κ3) is 3.24. The Bertz CT molecular complexity index is 702. The largest absolute Gasteiger partial charge is 0.502 e. The number of hydrogen-bond acceptors (Lipinski definition) is 7. The van der Waals surface area contributed by atoms with Crippen LogP contribution in [0.5, 0.6) is 17.2 Å². The van der Waals surface area contributed by atoms with Crippen LogP contribution in [-0.2, 0) is 14.3 Å². The number of amides is 3. The van der Waals surface area contributed by atoms with Crippen LogP contribution >= 0.6 is 0 Å². The van der Waals surface area contributed by atoms with Crippen LogP contribution in [0.2, 0.25) is 0 Å². The Labute approximate surface area is 137 Å². The standard InChI is InChI=1S/C15H16N2O7/c1-22-10-5-8(6-11(23-2)13(10)19)4-9-14(20)17(15(21)16-9)7-12(18)24-3/h4-6,19H,7H2,1-3H3,(H,16,21)/b9-4-. The van der Waals surface area contributed by atoms with Gasteiger partial charge in [0.1, 0.15) is 12.2 Å². The zero-order valence-corrected chi connectivity index (χ0v) is 13.3. The third-order valence-electron chi connectivity index (χ3n) is 3.29. The molecule has 0 aliphatic carbocycles. The molecule has 128 valence electrons. The highest BCUT2D eigenvalue weighted by molar-refractivity contribution is 6.15. The van der Waals surface area contributed by atoms with Crippen molar-refractivity contribution in [2.24, 2.45) is 0 Å². The lowest BCUT2D eigenvalue weighted by Crippen LogP contribution is -2.36. The summed E-state index contributed by atoms with van der Waals surface area (Å²) in [5.74, 6) is -1.28. The number of urea groups is 1. The minimum absolute atomic E-state index is 0.0290. The summed E-state index contributed by atoms with van der Waals surface area (Å²) in [7, 11) is 3.89. The predicted molar refractivity (Wildman–Crippen MR) is 81.4 cm³/mol. The molecule has 0 unspecified atom stereocenters. The zero-order chi connectivity index (χ0) is 17.9.